The summed E-state index contributed by atoms with van der Waals surface area (Å²) in [5, 5.41) is 5.45. The Morgan fingerprint density at radius 1 is 1.16 bits per heavy atom. The van der Waals surface area contributed by atoms with Gasteiger partial charge in [-0.15, -0.1) is 0 Å². The lowest BCUT2D eigenvalue weighted by molar-refractivity contribution is -0.136. The molecule has 0 aliphatic carbocycles. The Labute approximate surface area is 187 Å². The second-order valence-corrected chi connectivity index (χ2v) is 8.52. The van der Waals surface area contributed by atoms with Crippen LogP contribution in [-0.4, -0.2) is 34.6 Å². The molecular weight excluding hydrogens is 406 g/mol. The van der Waals surface area contributed by atoms with E-state index < -0.39 is 11.9 Å². The van der Waals surface area contributed by atoms with E-state index in [0.717, 1.165) is 12.0 Å². The summed E-state index contributed by atoms with van der Waals surface area (Å²) in [5.74, 6) is -0.958. The van der Waals surface area contributed by atoms with Gasteiger partial charge in [0.1, 0.15) is 6.04 Å². The van der Waals surface area contributed by atoms with Gasteiger partial charge in [-0.05, 0) is 41.7 Å². The largest absolute Gasteiger partial charge is 0.345 e. The summed E-state index contributed by atoms with van der Waals surface area (Å²) in [6.07, 6.45) is 1.44. The fraction of sp³-hybridized carbons (Fsp3) is 0.360. The highest BCUT2D eigenvalue weighted by molar-refractivity contribution is 6.06. The quantitative estimate of drug-likeness (QED) is 0.685. The zero-order chi connectivity index (χ0) is 22.8. The first-order valence-electron chi connectivity index (χ1n) is 11.0. The first kappa shape index (κ1) is 21.7. The molecule has 3 atom stereocenters. The third kappa shape index (κ3) is 4.15. The van der Waals surface area contributed by atoms with E-state index in [0.29, 0.717) is 23.1 Å². The van der Waals surface area contributed by atoms with Gasteiger partial charge in [0.15, 0.2) is 0 Å². The Balaban J connectivity index is 1.52. The van der Waals surface area contributed by atoms with Crippen LogP contribution in [-0.2, 0) is 16.1 Å². The van der Waals surface area contributed by atoms with Crippen molar-refractivity contribution >= 4 is 23.6 Å². The molecule has 2 heterocycles. The van der Waals surface area contributed by atoms with Crippen LogP contribution in [0.15, 0.2) is 48.5 Å². The topological polar surface area (TPSA) is 95.6 Å². The van der Waals surface area contributed by atoms with Crippen molar-refractivity contribution in [3.63, 3.8) is 0 Å². The van der Waals surface area contributed by atoms with Crippen molar-refractivity contribution in [1.82, 2.24) is 15.5 Å². The van der Waals surface area contributed by atoms with Gasteiger partial charge in [-0.1, -0.05) is 50.6 Å². The van der Waals surface area contributed by atoms with E-state index in [1.165, 1.54) is 4.90 Å². The van der Waals surface area contributed by atoms with Gasteiger partial charge in [0, 0.05) is 24.1 Å². The van der Waals surface area contributed by atoms with Gasteiger partial charge in [0.05, 0.1) is 6.04 Å². The lowest BCUT2D eigenvalue weighted by Crippen LogP contribution is -2.52. The Hall–Kier alpha value is -3.48. The van der Waals surface area contributed by atoms with Gasteiger partial charge in [-0.3, -0.25) is 24.5 Å². The molecule has 166 valence electrons. The molecule has 0 bridgehead atoms. The van der Waals surface area contributed by atoms with Crippen LogP contribution in [0.25, 0.3) is 0 Å². The predicted octanol–water partition coefficient (Wildman–Crippen LogP) is 2.96. The molecule has 7 heteroatoms. The van der Waals surface area contributed by atoms with Crippen molar-refractivity contribution in [2.24, 2.45) is 5.92 Å². The van der Waals surface area contributed by atoms with Gasteiger partial charge < -0.3 is 10.2 Å². The lowest BCUT2D eigenvalue weighted by atomic mass is 9.92. The van der Waals surface area contributed by atoms with Gasteiger partial charge in [-0.2, -0.15) is 0 Å². The number of nitrogens with zero attached hydrogens (tertiary/aromatic N) is 1. The molecule has 32 heavy (non-hydrogen) atoms. The molecule has 2 aromatic carbocycles. The molecule has 0 radical (unpaired) electrons. The molecule has 4 rings (SSSR count). The molecule has 7 nitrogen and oxygen atoms in total. The van der Waals surface area contributed by atoms with E-state index in [4.69, 9.17) is 0 Å². The SMILES string of the molecule is CCC(C)[C@H](NC(=O)c1ccc2c(c1)CN(C1CCC(=O)NC1=O)C2=O)c1ccccc1. The zero-order valence-corrected chi connectivity index (χ0v) is 18.3. The average Bonchev–Trinajstić information content (AvgIpc) is 3.13. The fourth-order valence-corrected chi connectivity index (χ4v) is 4.39. The van der Waals surface area contributed by atoms with Crippen LogP contribution in [0.5, 0.6) is 0 Å². The first-order valence-corrected chi connectivity index (χ1v) is 11.0. The number of hydrogen-bond acceptors (Lipinski definition) is 4. The molecule has 0 saturated carbocycles. The number of imide groups is 1. The van der Waals surface area contributed by atoms with Crippen molar-refractivity contribution in [3.8, 4) is 0 Å². The monoisotopic (exact) mass is 433 g/mol. The van der Waals surface area contributed by atoms with Gasteiger partial charge in [0.25, 0.3) is 11.8 Å². The number of amides is 4. The number of nitrogens with one attached hydrogen (secondary N) is 2. The van der Waals surface area contributed by atoms with E-state index in [9.17, 15) is 19.2 Å². The van der Waals surface area contributed by atoms with Crippen LogP contribution in [0.2, 0.25) is 0 Å². The number of piperidine rings is 1. The standard InChI is InChI=1S/C25H27N3O4/c1-3-15(2)22(16-7-5-4-6-8-16)27-23(30)17-9-10-19-18(13-17)14-28(25(19)32)20-11-12-21(29)26-24(20)31/h4-10,13,15,20,22H,3,11-12,14H2,1-2H3,(H,27,30)(H,26,29,31)/t15?,20?,22-/m0/s1. The average molecular weight is 434 g/mol. The van der Waals surface area contributed by atoms with Crippen molar-refractivity contribution in [3.05, 3.63) is 70.8 Å². The summed E-state index contributed by atoms with van der Waals surface area (Å²) in [4.78, 5) is 51.1. The molecule has 2 aliphatic heterocycles. The molecule has 0 spiro atoms. The molecule has 2 N–H and O–H groups in total. The third-order valence-corrected chi connectivity index (χ3v) is 6.44. The lowest BCUT2D eigenvalue weighted by Gasteiger charge is -2.29. The number of fused-ring (bicyclic) bond motifs is 1. The van der Waals surface area contributed by atoms with Crippen molar-refractivity contribution in [1.29, 1.82) is 0 Å². The zero-order valence-electron chi connectivity index (χ0n) is 18.3. The third-order valence-electron chi connectivity index (χ3n) is 6.44. The van der Waals surface area contributed by atoms with Crippen LogP contribution in [0.4, 0.5) is 0 Å². The fourth-order valence-electron chi connectivity index (χ4n) is 4.39. The van der Waals surface area contributed by atoms with Crippen molar-refractivity contribution < 1.29 is 19.2 Å². The minimum atomic E-state index is -0.669. The van der Waals surface area contributed by atoms with E-state index in [1.807, 2.05) is 30.3 Å². The first-order chi connectivity index (χ1) is 15.4. The van der Waals surface area contributed by atoms with E-state index in [-0.39, 0.29) is 42.6 Å². The number of carbonyl (C=O) groups excluding carboxylic acids is 4. The normalized spacial score (nSPS) is 19.9. The van der Waals surface area contributed by atoms with Crippen LogP contribution < -0.4 is 10.6 Å². The van der Waals surface area contributed by atoms with Crippen LogP contribution in [0.1, 0.15) is 71.0 Å². The molecule has 1 fully saturated rings. The molecular formula is C25H27N3O4. The smallest absolute Gasteiger partial charge is 0.255 e. The van der Waals surface area contributed by atoms with Gasteiger partial charge in [0.2, 0.25) is 11.8 Å². The molecule has 4 amide bonds. The summed E-state index contributed by atoms with van der Waals surface area (Å²) in [7, 11) is 0. The summed E-state index contributed by atoms with van der Waals surface area (Å²) in [5.41, 5.74) is 2.74. The molecule has 0 aromatic heterocycles. The molecule has 2 aromatic rings. The minimum absolute atomic E-state index is 0.122. The van der Waals surface area contributed by atoms with E-state index >= 15 is 0 Å². The maximum atomic E-state index is 13.1. The highest BCUT2D eigenvalue weighted by Gasteiger charge is 2.39. The maximum Gasteiger partial charge on any atom is 0.255 e. The van der Waals surface area contributed by atoms with E-state index in [2.05, 4.69) is 24.5 Å². The maximum absolute atomic E-state index is 13.1. The number of rotatable bonds is 6. The summed E-state index contributed by atoms with van der Waals surface area (Å²) in [6, 6.07) is 14.1. The Bertz CT molecular complexity index is 1070. The predicted molar refractivity (Wildman–Crippen MR) is 119 cm³/mol. The highest BCUT2D eigenvalue weighted by Crippen LogP contribution is 2.29. The number of carbonyl (C=O) groups is 4. The summed E-state index contributed by atoms with van der Waals surface area (Å²) < 4.78 is 0. The molecule has 1 saturated heterocycles. The van der Waals surface area contributed by atoms with Crippen LogP contribution in [0.3, 0.4) is 0 Å². The Morgan fingerprint density at radius 3 is 2.59 bits per heavy atom. The van der Waals surface area contributed by atoms with Crippen molar-refractivity contribution in [2.75, 3.05) is 0 Å². The minimum Gasteiger partial charge on any atom is -0.345 e. The van der Waals surface area contributed by atoms with Crippen LogP contribution >= 0.6 is 0 Å². The second-order valence-electron chi connectivity index (χ2n) is 8.52. The second kappa shape index (κ2) is 8.94. The van der Waals surface area contributed by atoms with Gasteiger partial charge >= 0.3 is 0 Å². The Kier molecular flexibility index (Phi) is 6.08. The number of benzene rings is 2. The molecule has 2 aliphatic rings. The van der Waals surface area contributed by atoms with Crippen LogP contribution in [0, 0.1) is 5.92 Å². The van der Waals surface area contributed by atoms with Gasteiger partial charge in [-0.25, -0.2) is 0 Å². The number of hydrogen-bond donors (Lipinski definition) is 2. The summed E-state index contributed by atoms with van der Waals surface area (Å²) >= 11 is 0. The van der Waals surface area contributed by atoms with E-state index in [1.54, 1.807) is 18.2 Å². The Morgan fingerprint density at radius 2 is 1.91 bits per heavy atom. The summed E-state index contributed by atoms with van der Waals surface area (Å²) in [6.45, 7) is 4.45. The van der Waals surface area contributed by atoms with Crippen molar-refractivity contribution in [2.45, 2.75) is 51.7 Å². The molecule has 2 unspecified atom stereocenters. The highest BCUT2D eigenvalue weighted by atomic mass is 16.2.